The predicted octanol–water partition coefficient (Wildman–Crippen LogP) is -0.0391. The SMILES string of the molecule is C1CNNC1.c1cnccn1. The van der Waals surface area contributed by atoms with Crippen LogP contribution in [-0.4, -0.2) is 23.1 Å². The van der Waals surface area contributed by atoms with Crippen molar-refractivity contribution in [3.05, 3.63) is 24.8 Å². The lowest BCUT2D eigenvalue weighted by Gasteiger charge is -1.81. The highest BCUT2D eigenvalue weighted by molar-refractivity contribution is 4.70. The summed E-state index contributed by atoms with van der Waals surface area (Å²) in [7, 11) is 0. The summed E-state index contributed by atoms with van der Waals surface area (Å²) >= 11 is 0. The van der Waals surface area contributed by atoms with Crippen LogP contribution in [-0.2, 0) is 0 Å². The van der Waals surface area contributed by atoms with E-state index >= 15 is 0 Å². The van der Waals surface area contributed by atoms with Crippen LogP contribution in [0.15, 0.2) is 24.8 Å². The van der Waals surface area contributed by atoms with Crippen molar-refractivity contribution in [3.63, 3.8) is 0 Å². The summed E-state index contributed by atoms with van der Waals surface area (Å²) < 4.78 is 0. The smallest absolute Gasteiger partial charge is 0.0451 e. The van der Waals surface area contributed by atoms with Gasteiger partial charge < -0.3 is 0 Å². The molecule has 11 heavy (non-hydrogen) atoms. The minimum atomic E-state index is 1.14. The van der Waals surface area contributed by atoms with Gasteiger partial charge in [0.15, 0.2) is 0 Å². The van der Waals surface area contributed by atoms with Gasteiger partial charge >= 0.3 is 0 Å². The Hall–Kier alpha value is -1.00. The van der Waals surface area contributed by atoms with E-state index in [0.717, 1.165) is 13.1 Å². The van der Waals surface area contributed by atoms with Crippen LogP contribution in [0.25, 0.3) is 0 Å². The average molecular weight is 152 g/mol. The molecule has 0 saturated carbocycles. The van der Waals surface area contributed by atoms with Gasteiger partial charge in [-0.05, 0) is 6.42 Å². The fraction of sp³-hybridized carbons (Fsp3) is 0.429. The molecule has 2 N–H and O–H groups in total. The summed E-state index contributed by atoms with van der Waals surface area (Å²) in [4.78, 5) is 7.44. The molecule has 4 heteroatoms. The van der Waals surface area contributed by atoms with Crippen molar-refractivity contribution in [2.75, 3.05) is 13.1 Å². The van der Waals surface area contributed by atoms with E-state index < -0.39 is 0 Å². The predicted molar refractivity (Wildman–Crippen MR) is 42.7 cm³/mol. The minimum absolute atomic E-state index is 1.14. The number of nitrogens with zero attached hydrogens (tertiary/aromatic N) is 2. The standard InChI is InChI=1S/C4H4N2.C3H8N2/c1-2-6-4-3-5-1;1-2-4-5-3-1/h1-4H;4-5H,1-3H2. The fourth-order valence-corrected chi connectivity index (χ4v) is 0.695. The molecule has 60 valence electrons. The van der Waals surface area contributed by atoms with Gasteiger partial charge in [-0.1, -0.05) is 0 Å². The van der Waals surface area contributed by atoms with Crippen molar-refractivity contribution in [2.24, 2.45) is 0 Å². The molecule has 0 radical (unpaired) electrons. The van der Waals surface area contributed by atoms with E-state index in [-0.39, 0.29) is 0 Å². The third-order valence-corrected chi connectivity index (χ3v) is 1.21. The molecule has 2 rings (SSSR count). The van der Waals surface area contributed by atoms with Crippen LogP contribution in [0.4, 0.5) is 0 Å². The molecule has 0 aliphatic carbocycles. The summed E-state index contributed by atoms with van der Waals surface area (Å²) in [5, 5.41) is 0. The van der Waals surface area contributed by atoms with E-state index in [4.69, 9.17) is 0 Å². The first-order valence-electron chi connectivity index (χ1n) is 3.66. The second-order valence-corrected chi connectivity index (χ2v) is 2.10. The van der Waals surface area contributed by atoms with E-state index in [2.05, 4.69) is 20.8 Å². The first-order valence-corrected chi connectivity index (χ1v) is 3.66. The van der Waals surface area contributed by atoms with Crippen molar-refractivity contribution in [1.82, 2.24) is 20.8 Å². The first kappa shape index (κ1) is 8.10. The third-order valence-electron chi connectivity index (χ3n) is 1.21. The van der Waals surface area contributed by atoms with E-state index in [1.807, 2.05) is 0 Å². The van der Waals surface area contributed by atoms with Gasteiger partial charge in [-0.15, -0.1) is 0 Å². The molecule has 1 fully saturated rings. The van der Waals surface area contributed by atoms with Crippen LogP contribution in [0.3, 0.4) is 0 Å². The zero-order chi connectivity index (χ0) is 7.78. The molecule has 0 atom stereocenters. The Morgan fingerprint density at radius 3 is 1.45 bits per heavy atom. The quantitative estimate of drug-likeness (QED) is 0.547. The molecule has 0 unspecified atom stereocenters. The van der Waals surface area contributed by atoms with E-state index in [1.54, 1.807) is 24.8 Å². The van der Waals surface area contributed by atoms with Crippen LogP contribution in [0.2, 0.25) is 0 Å². The topological polar surface area (TPSA) is 49.8 Å². The highest BCUT2D eigenvalue weighted by atomic mass is 15.4. The Labute approximate surface area is 66.0 Å². The highest BCUT2D eigenvalue weighted by Crippen LogP contribution is 1.74. The molecule has 0 spiro atoms. The third kappa shape index (κ3) is 4.41. The number of aromatic nitrogens is 2. The minimum Gasteiger partial charge on any atom is -0.262 e. The van der Waals surface area contributed by atoms with E-state index in [0.29, 0.717) is 0 Å². The molecule has 1 aliphatic rings. The van der Waals surface area contributed by atoms with Crippen molar-refractivity contribution in [2.45, 2.75) is 6.42 Å². The van der Waals surface area contributed by atoms with Gasteiger partial charge in [0, 0.05) is 37.9 Å². The van der Waals surface area contributed by atoms with Crippen molar-refractivity contribution in [1.29, 1.82) is 0 Å². The monoisotopic (exact) mass is 152 g/mol. The van der Waals surface area contributed by atoms with E-state index in [1.165, 1.54) is 6.42 Å². The van der Waals surface area contributed by atoms with Crippen molar-refractivity contribution in [3.8, 4) is 0 Å². The summed E-state index contributed by atoms with van der Waals surface area (Å²) in [6.07, 6.45) is 7.83. The number of nitrogens with one attached hydrogen (secondary N) is 2. The van der Waals surface area contributed by atoms with Crippen molar-refractivity contribution >= 4 is 0 Å². The molecule has 2 heterocycles. The Morgan fingerprint density at radius 2 is 1.27 bits per heavy atom. The summed E-state index contributed by atoms with van der Waals surface area (Å²) in [6.45, 7) is 2.28. The number of hydrazine groups is 1. The van der Waals surface area contributed by atoms with Gasteiger partial charge in [0.05, 0.1) is 0 Å². The van der Waals surface area contributed by atoms with Gasteiger partial charge in [0.1, 0.15) is 0 Å². The fourth-order valence-electron chi connectivity index (χ4n) is 0.695. The second-order valence-electron chi connectivity index (χ2n) is 2.10. The molecule has 1 aliphatic heterocycles. The normalized spacial score (nSPS) is 15.3. The Kier molecular flexibility index (Phi) is 4.24. The van der Waals surface area contributed by atoms with Crippen LogP contribution in [0, 0.1) is 0 Å². The van der Waals surface area contributed by atoms with Gasteiger partial charge in [0.25, 0.3) is 0 Å². The maximum absolute atomic E-state index is 3.72. The van der Waals surface area contributed by atoms with Crippen LogP contribution >= 0.6 is 0 Å². The second kappa shape index (κ2) is 5.76. The summed E-state index contributed by atoms with van der Waals surface area (Å²) in [6, 6.07) is 0. The molecule has 1 saturated heterocycles. The maximum atomic E-state index is 3.72. The zero-order valence-electron chi connectivity index (χ0n) is 6.33. The van der Waals surface area contributed by atoms with E-state index in [9.17, 15) is 0 Å². The summed E-state index contributed by atoms with van der Waals surface area (Å²) in [5.74, 6) is 0. The number of hydrogen-bond acceptors (Lipinski definition) is 4. The van der Waals surface area contributed by atoms with Crippen LogP contribution in [0.5, 0.6) is 0 Å². The first-order chi connectivity index (χ1) is 5.50. The molecule has 1 aromatic heterocycles. The molecule has 0 bridgehead atoms. The molecule has 4 nitrogen and oxygen atoms in total. The Balaban J connectivity index is 0.000000112. The number of rotatable bonds is 0. The van der Waals surface area contributed by atoms with Gasteiger partial charge in [-0.25, -0.2) is 0 Å². The lowest BCUT2D eigenvalue weighted by atomic mass is 10.5. The lowest BCUT2D eigenvalue weighted by molar-refractivity contribution is 0.689. The van der Waals surface area contributed by atoms with Gasteiger partial charge in [0.2, 0.25) is 0 Å². The molecule has 1 aromatic rings. The summed E-state index contributed by atoms with van der Waals surface area (Å²) in [5.41, 5.74) is 5.94. The van der Waals surface area contributed by atoms with Gasteiger partial charge in [-0.2, -0.15) is 0 Å². The zero-order valence-corrected chi connectivity index (χ0v) is 6.33. The highest BCUT2D eigenvalue weighted by Gasteiger charge is 1.91. The lowest BCUT2D eigenvalue weighted by Crippen LogP contribution is -2.21. The van der Waals surface area contributed by atoms with Crippen LogP contribution < -0.4 is 10.9 Å². The maximum Gasteiger partial charge on any atom is 0.0451 e. The van der Waals surface area contributed by atoms with Crippen molar-refractivity contribution < 1.29 is 0 Å². The van der Waals surface area contributed by atoms with Gasteiger partial charge in [-0.3, -0.25) is 20.8 Å². The molecular formula is C7H12N4. The molecule has 0 aromatic carbocycles. The number of hydrogen-bond donors (Lipinski definition) is 2. The molecule has 0 amide bonds. The Morgan fingerprint density at radius 1 is 0.818 bits per heavy atom. The average Bonchev–Trinajstić information content (AvgIpc) is 2.64. The molecular weight excluding hydrogens is 140 g/mol. The van der Waals surface area contributed by atoms with Crippen LogP contribution in [0.1, 0.15) is 6.42 Å². The Bertz CT molecular complexity index is 127. The largest absolute Gasteiger partial charge is 0.262 e.